The van der Waals surface area contributed by atoms with E-state index in [4.69, 9.17) is 10.5 Å². The van der Waals surface area contributed by atoms with Crippen LogP contribution in [0.2, 0.25) is 0 Å². The molecule has 4 heteroatoms. The molecule has 0 amide bonds. The first-order valence-electron chi connectivity index (χ1n) is 6.72. The van der Waals surface area contributed by atoms with Crippen molar-refractivity contribution in [1.82, 2.24) is 0 Å². The summed E-state index contributed by atoms with van der Waals surface area (Å²) in [6.07, 6.45) is -0.104. The van der Waals surface area contributed by atoms with Crippen LogP contribution in [0.25, 0.3) is 0 Å². The molecule has 20 heavy (non-hydrogen) atoms. The monoisotopic (exact) mass is 290 g/mol. The van der Waals surface area contributed by atoms with Gasteiger partial charge in [0.2, 0.25) is 0 Å². The highest BCUT2D eigenvalue weighted by Gasteiger charge is 2.21. The molecule has 0 fully saturated rings. The first-order valence-corrected chi connectivity index (χ1v) is 7.60. The van der Waals surface area contributed by atoms with E-state index in [0.717, 1.165) is 11.4 Å². The molecule has 0 spiro atoms. The van der Waals surface area contributed by atoms with E-state index in [9.17, 15) is 0 Å². The summed E-state index contributed by atoms with van der Waals surface area (Å²) in [5.41, 5.74) is 8.47. The zero-order valence-electron chi connectivity index (χ0n) is 12.5. The first-order chi connectivity index (χ1) is 9.49. The first kappa shape index (κ1) is 14.9. The van der Waals surface area contributed by atoms with E-state index in [1.165, 1.54) is 10.4 Å². The van der Waals surface area contributed by atoms with E-state index < -0.39 is 0 Å². The Balaban J connectivity index is 2.25. The van der Waals surface area contributed by atoms with Gasteiger partial charge < -0.3 is 15.4 Å². The zero-order chi connectivity index (χ0) is 14.7. The third kappa shape index (κ3) is 3.32. The molecule has 3 nitrogen and oxygen atoms in total. The molecule has 2 N–H and O–H groups in total. The summed E-state index contributed by atoms with van der Waals surface area (Å²) in [4.78, 5) is 3.26. The van der Waals surface area contributed by atoms with Gasteiger partial charge in [-0.05, 0) is 43.0 Å². The number of ether oxygens (including phenoxy) is 1. The van der Waals surface area contributed by atoms with Gasteiger partial charge in [0.05, 0.1) is 0 Å². The number of rotatable bonds is 5. The van der Waals surface area contributed by atoms with Crippen molar-refractivity contribution < 1.29 is 4.74 Å². The normalized spacial score (nSPS) is 13.8. The van der Waals surface area contributed by atoms with Crippen LogP contribution in [-0.4, -0.2) is 20.1 Å². The van der Waals surface area contributed by atoms with Crippen molar-refractivity contribution in [3.05, 3.63) is 46.2 Å². The van der Waals surface area contributed by atoms with Crippen molar-refractivity contribution in [3.63, 3.8) is 0 Å². The van der Waals surface area contributed by atoms with Crippen molar-refractivity contribution in [2.24, 2.45) is 5.73 Å². The van der Waals surface area contributed by atoms with Crippen LogP contribution >= 0.6 is 11.3 Å². The van der Waals surface area contributed by atoms with E-state index in [-0.39, 0.29) is 12.1 Å². The van der Waals surface area contributed by atoms with Crippen LogP contribution in [0.15, 0.2) is 35.7 Å². The molecule has 0 aliphatic carbocycles. The number of thiophene rings is 1. The topological polar surface area (TPSA) is 38.5 Å². The molecule has 2 unspecified atom stereocenters. The molecule has 0 saturated carbocycles. The van der Waals surface area contributed by atoms with Gasteiger partial charge in [-0.1, -0.05) is 6.07 Å². The Bertz CT molecular complexity index is 563. The number of nitrogens with zero attached hydrogens (tertiary/aromatic N) is 1. The Morgan fingerprint density at radius 3 is 2.55 bits per heavy atom. The predicted molar refractivity (Wildman–Crippen MR) is 86.8 cm³/mol. The summed E-state index contributed by atoms with van der Waals surface area (Å²) < 4.78 is 6.15. The molecular weight excluding hydrogens is 268 g/mol. The van der Waals surface area contributed by atoms with E-state index in [1.54, 1.807) is 11.3 Å². The molecule has 0 aliphatic heterocycles. The Morgan fingerprint density at radius 2 is 2.00 bits per heavy atom. The quantitative estimate of drug-likeness (QED) is 0.914. The molecule has 2 atom stereocenters. The van der Waals surface area contributed by atoms with Gasteiger partial charge in [-0.3, -0.25) is 0 Å². The Labute approximate surface area is 125 Å². The van der Waals surface area contributed by atoms with Gasteiger partial charge >= 0.3 is 0 Å². The molecule has 0 saturated heterocycles. The highest BCUT2D eigenvalue weighted by molar-refractivity contribution is 7.10. The van der Waals surface area contributed by atoms with Crippen LogP contribution in [0.5, 0.6) is 5.75 Å². The van der Waals surface area contributed by atoms with Crippen molar-refractivity contribution in [2.45, 2.75) is 26.0 Å². The molecular formula is C16H22N2OS. The van der Waals surface area contributed by atoms with Crippen LogP contribution in [0.3, 0.4) is 0 Å². The fraction of sp³-hybridized carbons (Fsp3) is 0.375. The maximum atomic E-state index is 6.15. The minimum Gasteiger partial charge on any atom is -0.483 e. The lowest BCUT2D eigenvalue weighted by atomic mass is 10.1. The summed E-state index contributed by atoms with van der Waals surface area (Å²) in [7, 11) is 4.04. The molecule has 1 aromatic heterocycles. The van der Waals surface area contributed by atoms with E-state index in [1.807, 2.05) is 39.2 Å². The molecule has 1 heterocycles. The molecule has 108 valence electrons. The van der Waals surface area contributed by atoms with Crippen LogP contribution in [0.4, 0.5) is 5.69 Å². The standard InChI is InChI=1S/C16H22N2OS/c1-11-8-9-20-16(11)15(12(2)17)19-14-7-5-6-13(10-14)18(3)4/h5-10,12,15H,17H2,1-4H3. The van der Waals surface area contributed by atoms with Gasteiger partial charge in [-0.2, -0.15) is 0 Å². The number of hydrogen-bond donors (Lipinski definition) is 1. The second-order valence-electron chi connectivity index (χ2n) is 5.26. The third-order valence-corrected chi connectivity index (χ3v) is 4.32. The molecule has 1 aromatic carbocycles. The summed E-state index contributed by atoms with van der Waals surface area (Å²) in [5, 5.41) is 2.08. The van der Waals surface area contributed by atoms with Crippen molar-refractivity contribution in [2.75, 3.05) is 19.0 Å². The second-order valence-corrected chi connectivity index (χ2v) is 6.20. The zero-order valence-corrected chi connectivity index (χ0v) is 13.3. The minimum atomic E-state index is -0.104. The summed E-state index contributed by atoms with van der Waals surface area (Å²) in [6, 6.07) is 10.1. The SMILES string of the molecule is Cc1ccsc1C(Oc1cccc(N(C)C)c1)C(C)N. The molecule has 0 bridgehead atoms. The van der Waals surface area contributed by atoms with Gasteiger partial charge in [-0.25, -0.2) is 0 Å². The average Bonchev–Trinajstić information content (AvgIpc) is 2.82. The van der Waals surface area contributed by atoms with Crippen molar-refractivity contribution in [1.29, 1.82) is 0 Å². The number of anilines is 1. The summed E-state index contributed by atoms with van der Waals surface area (Å²) in [6.45, 7) is 4.08. The maximum Gasteiger partial charge on any atom is 0.148 e. The third-order valence-electron chi connectivity index (χ3n) is 3.23. The number of benzene rings is 1. The lowest BCUT2D eigenvalue weighted by molar-refractivity contribution is 0.183. The maximum absolute atomic E-state index is 6.15. The van der Waals surface area contributed by atoms with Crippen LogP contribution in [0.1, 0.15) is 23.5 Å². The minimum absolute atomic E-state index is 0.0598. The fourth-order valence-corrected chi connectivity index (χ4v) is 3.13. The van der Waals surface area contributed by atoms with Crippen LogP contribution in [0, 0.1) is 6.92 Å². The number of aryl methyl sites for hydroxylation is 1. The van der Waals surface area contributed by atoms with E-state index >= 15 is 0 Å². The summed E-state index contributed by atoms with van der Waals surface area (Å²) >= 11 is 1.70. The van der Waals surface area contributed by atoms with Gasteiger partial charge in [0, 0.05) is 36.8 Å². The average molecular weight is 290 g/mol. The highest BCUT2D eigenvalue weighted by Crippen LogP contribution is 2.31. The molecule has 0 aliphatic rings. The Morgan fingerprint density at radius 1 is 1.25 bits per heavy atom. The van der Waals surface area contributed by atoms with Crippen molar-refractivity contribution in [3.8, 4) is 5.75 Å². The Hall–Kier alpha value is -1.52. The largest absolute Gasteiger partial charge is 0.483 e. The van der Waals surface area contributed by atoms with Crippen LogP contribution < -0.4 is 15.4 Å². The number of hydrogen-bond acceptors (Lipinski definition) is 4. The molecule has 0 radical (unpaired) electrons. The van der Waals surface area contributed by atoms with E-state index in [0.29, 0.717) is 0 Å². The lowest BCUT2D eigenvalue weighted by Crippen LogP contribution is -2.28. The predicted octanol–water partition coefficient (Wildman–Crippen LogP) is 3.59. The Kier molecular flexibility index (Phi) is 4.68. The van der Waals surface area contributed by atoms with Gasteiger partial charge in [0.25, 0.3) is 0 Å². The van der Waals surface area contributed by atoms with Crippen molar-refractivity contribution >= 4 is 17.0 Å². The van der Waals surface area contributed by atoms with E-state index in [2.05, 4.69) is 29.3 Å². The highest BCUT2D eigenvalue weighted by atomic mass is 32.1. The van der Waals surface area contributed by atoms with Gasteiger partial charge in [0.1, 0.15) is 11.9 Å². The lowest BCUT2D eigenvalue weighted by Gasteiger charge is -2.23. The second kappa shape index (κ2) is 6.29. The fourth-order valence-electron chi connectivity index (χ4n) is 2.06. The van der Waals surface area contributed by atoms with Gasteiger partial charge in [0.15, 0.2) is 0 Å². The van der Waals surface area contributed by atoms with Crippen LogP contribution in [-0.2, 0) is 0 Å². The van der Waals surface area contributed by atoms with Gasteiger partial charge in [-0.15, -0.1) is 11.3 Å². The smallest absolute Gasteiger partial charge is 0.148 e. The number of nitrogens with two attached hydrogens (primary N) is 1. The molecule has 2 aromatic rings. The molecule has 2 rings (SSSR count). The summed E-state index contributed by atoms with van der Waals surface area (Å²) in [5.74, 6) is 0.853.